The Morgan fingerprint density at radius 2 is 1.70 bits per heavy atom. The molecule has 1 aliphatic heterocycles. The molecule has 0 saturated carbocycles. The molecule has 0 aliphatic carbocycles. The molecule has 1 heterocycles. The van der Waals surface area contributed by atoms with Gasteiger partial charge in [0.2, 0.25) is 10.0 Å². The van der Waals surface area contributed by atoms with Crippen molar-refractivity contribution in [2.24, 2.45) is 0 Å². The first-order valence-corrected chi connectivity index (χ1v) is 8.85. The van der Waals surface area contributed by atoms with Crippen LogP contribution in [-0.2, 0) is 14.8 Å². The number of nitrogens with zero attached hydrogens (tertiary/aromatic N) is 1. The lowest BCUT2D eigenvalue weighted by atomic mass is 10.2. The molecule has 6 nitrogen and oxygen atoms in total. The van der Waals surface area contributed by atoms with Gasteiger partial charge in [-0.15, -0.1) is 12.4 Å². The number of rotatable bonds is 6. The molecule has 0 bridgehead atoms. The maximum atomic E-state index is 12.7. The van der Waals surface area contributed by atoms with E-state index in [4.69, 9.17) is 9.47 Å². The van der Waals surface area contributed by atoms with Crippen LogP contribution in [0.5, 0.6) is 5.75 Å². The van der Waals surface area contributed by atoms with Crippen molar-refractivity contribution in [1.82, 2.24) is 9.62 Å². The first kappa shape index (κ1) is 20.2. The van der Waals surface area contributed by atoms with Gasteiger partial charge in [-0.3, -0.25) is 0 Å². The first-order valence-electron chi connectivity index (χ1n) is 7.41. The number of methoxy groups -OCH3 is 1. The van der Waals surface area contributed by atoms with Crippen LogP contribution < -0.4 is 10.1 Å². The van der Waals surface area contributed by atoms with E-state index >= 15 is 0 Å². The average Bonchev–Trinajstić information content (AvgIpc) is 2.47. The number of hydrogen-bond donors (Lipinski definition) is 1. The van der Waals surface area contributed by atoms with Gasteiger partial charge in [-0.2, -0.15) is 4.31 Å². The van der Waals surface area contributed by atoms with Gasteiger partial charge in [-0.1, -0.05) is 0 Å². The molecule has 1 aliphatic rings. The lowest BCUT2D eigenvalue weighted by Gasteiger charge is -2.35. The smallest absolute Gasteiger partial charge is 0.243 e. The van der Waals surface area contributed by atoms with Crippen molar-refractivity contribution in [2.45, 2.75) is 30.8 Å². The van der Waals surface area contributed by atoms with Crippen molar-refractivity contribution in [3.63, 3.8) is 0 Å². The number of piperazine rings is 1. The second kappa shape index (κ2) is 8.84. The zero-order valence-electron chi connectivity index (χ0n) is 13.7. The lowest BCUT2D eigenvalue weighted by Crippen LogP contribution is -2.55. The van der Waals surface area contributed by atoms with Gasteiger partial charge in [0.1, 0.15) is 12.4 Å². The Kier molecular flexibility index (Phi) is 7.76. The highest BCUT2D eigenvalue weighted by atomic mass is 35.5. The van der Waals surface area contributed by atoms with Crippen LogP contribution in [0, 0.1) is 0 Å². The van der Waals surface area contributed by atoms with Gasteiger partial charge in [-0.25, -0.2) is 8.42 Å². The predicted molar refractivity (Wildman–Crippen MR) is 91.9 cm³/mol. The normalized spacial score (nSPS) is 22.4. The molecule has 1 aromatic carbocycles. The SMILES string of the molecule is COCCOc1ccc(S(=O)(=O)N2CC(C)NC(C)C2)cc1.Cl. The van der Waals surface area contributed by atoms with Gasteiger partial charge >= 0.3 is 0 Å². The van der Waals surface area contributed by atoms with Crippen LogP contribution >= 0.6 is 12.4 Å². The van der Waals surface area contributed by atoms with E-state index in [2.05, 4.69) is 5.32 Å². The summed E-state index contributed by atoms with van der Waals surface area (Å²) in [6.07, 6.45) is 0. The Balaban J connectivity index is 0.00000264. The molecule has 0 radical (unpaired) electrons. The van der Waals surface area contributed by atoms with E-state index < -0.39 is 10.0 Å². The Morgan fingerprint density at radius 1 is 1.13 bits per heavy atom. The molecule has 1 saturated heterocycles. The molecule has 0 amide bonds. The number of halogens is 1. The van der Waals surface area contributed by atoms with E-state index in [0.29, 0.717) is 36.9 Å². The second-order valence-corrected chi connectivity index (χ2v) is 7.54. The first-order chi connectivity index (χ1) is 10.4. The Morgan fingerprint density at radius 3 is 2.22 bits per heavy atom. The van der Waals surface area contributed by atoms with Gasteiger partial charge in [0.05, 0.1) is 11.5 Å². The van der Waals surface area contributed by atoms with Crippen LogP contribution in [0.4, 0.5) is 0 Å². The number of benzene rings is 1. The molecule has 1 N–H and O–H groups in total. The molecule has 1 aromatic rings. The summed E-state index contributed by atoms with van der Waals surface area (Å²) < 4.78 is 37.3. The summed E-state index contributed by atoms with van der Waals surface area (Å²) in [6, 6.07) is 6.84. The second-order valence-electron chi connectivity index (χ2n) is 5.60. The van der Waals surface area contributed by atoms with Crippen LogP contribution in [0.3, 0.4) is 0 Å². The summed E-state index contributed by atoms with van der Waals surface area (Å²) >= 11 is 0. The number of hydrogen-bond acceptors (Lipinski definition) is 5. The molecule has 0 spiro atoms. The molecule has 2 atom stereocenters. The summed E-state index contributed by atoms with van der Waals surface area (Å²) in [7, 11) is -1.85. The standard InChI is InChI=1S/C15H24N2O4S.ClH/c1-12-10-17(11-13(2)16-12)22(18,19)15-6-4-14(5-7-15)21-9-8-20-3;/h4-7,12-13,16H,8-11H2,1-3H3;1H. The van der Waals surface area contributed by atoms with Crippen LogP contribution in [0.25, 0.3) is 0 Å². The average molecular weight is 365 g/mol. The minimum atomic E-state index is -3.46. The molecule has 23 heavy (non-hydrogen) atoms. The van der Waals surface area contributed by atoms with Crippen LogP contribution in [0.1, 0.15) is 13.8 Å². The maximum absolute atomic E-state index is 12.7. The fraction of sp³-hybridized carbons (Fsp3) is 0.600. The highest BCUT2D eigenvalue weighted by Crippen LogP contribution is 2.21. The van der Waals surface area contributed by atoms with Crippen molar-refractivity contribution in [3.8, 4) is 5.75 Å². The third-order valence-corrected chi connectivity index (χ3v) is 5.39. The number of nitrogens with one attached hydrogen (secondary N) is 1. The Labute approximate surface area is 144 Å². The summed E-state index contributed by atoms with van der Waals surface area (Å²) in [5.41, 5.74) is 0. The van der Waals surface area contributed by atoms with E-state index in [0.717, 1.165) is 0 Å². The van der Waals surface area contributed by atoms with Crippen molar-refractivity contribution in [2.75, 3.05) is 33.4 Å². The van der Waals surface area contributed by atoms with E-state index in [9.17, 15) is 8.42 Å². The van der Waals surface area contributed by atoms with Crippen LogP contribution in [0.15, 0.2) is 29.2 Å². The molecule has 132 valence electrons. The summed E-state index contributed by atoms with van der Waals surface area (Å²) in [5.74, 6) is 0.637. The fourth-order valence-electron chi connectivity index (χ4n) is 2.57. The monoisotopic (exact) mass is 364 g/mol. The summed E-state index contributed by atoms with van der Waals surface area (Å²) in [6.45, 7) is 5.89. The van der Waals surface area contributed by atoms with Gasteiger partial charge in [0, 0.05) is 32.3 Å². The van der Waals surface area contributed by atoms with E-state index in [1.165, 1.54) is 0 Å². The molecule has 8 heteroatoms. The summed E-state index contributed by atoms with van der Waals surface area (Å²) in [4.78, 5) is 0.299. The zero-order valence-corrected chi connectivity index (χ0v) is 15.3. The van der Waals surface area contributed by atoms with Gasteiger partial charge < -0.3 is 14.8 Å². The largest absolute Gasteiger partial charge is 0.491 e. The molecular weight excluding hydrogens is 340 g/mol. The highest BCUT2D eigenvalue weighted by molar-refractivity contribution is 7.89. The number of sulfonamides is 1. The minimum Gasteiger partial charge on any atom is -0.491 e. The quantitative estimate of drug-likeness (QED) is 0.775. The van der Waals surface area contributed by atoms with Gasteiger partial charge in [0.15, 0.2) is 0 Å². The minimum absolute atomic E-state index is 0. The summed E-state index contributed by atoms with van der Waals surface area (Å²) in [5, 5.41) is 3.33. The van der Waals surface area contributed by atoms with Crippen LogP contribution in [-0.4, -0.2) is 58.2 Å². The van der Waals surface area contributed by atoms with Crippen LogP contribution in [0.2, 0.25) is 0 Å². The number of ether oxygens (including phenoxy) is 2. The van der Waals surface area contributed by atoms with Gasteiger partial charge in [-0.05, 0) is 38.1 Å². The third-order valence-electron chi connectivity index (χ3n) is 3.54. The van der Waals surface area contributed by atoms with E-state index in [1.54, 1.807) is 35.7 Å². The topological polar surface area (TPSA) is 67.9 Å². The predicted octanol–water partition coefficient (Wildman–Crippen LogP) is 1.50. The van der Waals surface area contributed by atoms with Crippen molar-refractivity contribution in [1.29, 1.82) is 0 Å². The molecule has 0 aromatic heterocycles. The molecule has 1 fully saturated rings. The zero-order chi connectivity index (χ0) is 16.2. The molecule has 2 rings (SSSR count). The van der Waals surface area contributed by atoms with Gasteiger partial charge in [0.25, 0.3) is 0 Å². The third kappa shape index (κ3) is 5.32. The molecule has 2 unspecified atom stereocenters. The van der Waals surface area contributed by atoms with Crippen molar-refractivity contribution < 1.29 is 17.9 Å². The van der Waals surface area contributed by atoms with E-state index in [-0.39, 0.29) is 24.5 Å². The van der Waals surface area contributed by atoms with Crippen molar-refractivity contribution in [3.05, 3.63) is 24.3 Å². The Bertz CT molecular complexity index is 570. The van der Waals surface area contributed by atoms with E-state index in [1.807, 2.05) is 13.8 Å². The Hall–Kier alpha value is -0.860. The highest BCUT2D eigenvalue weighted by Gasteiger charge is 2.31. The van der Waals surface area contributed by atoms with Crippen molar-refractivity contribution >= 4 is 22.4 Å². The fourth-order valence-corrected chi connectivity index (χ4v) is 4.19. The maximum Gasteiger partial charge on any atom is 0.243 e. The lowest BCUT2D eigenvalue weighted by molar-refractivity contribution is 0.146. The molecular formula is C15H25ClN2O4S.